The number of Topliss-reactive ketones (excluding diaryl/α,β-unsaturated/α-hetero) is 1. The van der Waals surface area contributed by atoms with Gasteiger partial charge in [-0.05, 0) is 30.4 Å². The van der Waals surface area contributed by atoms with Gasteiger partial charge in [0.25, 0.3) is 0 Å². The smallest absolute Gasteiger partial charge is 0.168 e. The van der Waals surface area contributed by atoms with Gasteiger partial charge < -0.3 is 5.11 Å². The van der Waals surface area contributed by atoms with Crippen molar-refractivity contribution in [3.8, 4) is 5.75 Å². The van der Waals surface area contributed by atoms with E-state index in [1.54, 1.807) is 6.07 Å². The van der Waals surface area contributed by atoms with Gasteiger partial charge in [-0.15, -0.1) is 0 Å². The van der Waals surface area contributed by atoms with Gasteiger partial charge >= 0.3 is 0 Å². The lowest BCUT2D eigenvalue weighted by atomic mass is 9.79. The zero-order valence-corrected chi connectivity index (χ0v) is 10.7. The van der Waals surface area contributed by atoms with E-state index in [0.29, 0.717) is 5.56 Å². The molecular formula is C13H12Cl2O2. The zero-order valence-electron chi connectivity index (χ0n) is 9.17. The standard InChI is InChI=1S/C13H12Cl2O2/c14-11-9(16)5-8-6-3-1-2-4-7(6)13(17)10(8)12(11)15/h5-7,16H,1-4H2/t6-,7+/m1/s1. The third-order valence-corrected chi connectivity index (χ3v) is 4.82. The van der Waals surface area contributed by atoms with Crippen molar-refractivity contribution in [2.75, 3.05) is 0 Å². The Labute approximate surface area is 110 Å². The molecule has 0 aromatic heterocycles. The first-order valence-corrected chi connectivity index (χ1v) is 6.62. The molecule has 2 aliphatic rings. The minimum Gasteiger partial charge on any atom is -0.506 e. The highest BCUT2D eigenvalue weighted by atomic mass is 35.5. The number of carbonyl (C=O) groups excluding carboxylic acids is 1. The molecule has 0 heterocycles. The predicted molar refractivity (Wildman–Crippen MR) is 67.2 cm³/mol. The molecule has 1 N–H and O–H groups in total. The summed E-state index contributed by atoms with van der Waals surface area (Å²) in [7, 11) is 0. The van der Waals surface area contributed by atoms with Crippen LogP contribution in [0.3, 0.4) is 0 Å². The van der Waals surface area contributed by atoms with Gasteiger partial charge in [0, 0.05) is 11.5 Å². The van der Waals surface area contributed by atoms with Crippen LogP contribution in [0.25, 0.3) is 0 Å². The second-order valence-electron chi connectivity index (χ2n) is 4.85. The molecule has 1 fully saturated rings. The van der Waals surface area contributed by atoms with Crippen molar-refractivity contribution in [1.82, 2.24) is 0 Å². The summed E-state index contributed by atoms with van der Waals surface area (Å²) >= 11 is 12.0. The van der Waals surface area contributed by atoms with Crippen LogP contribution in [0.2, 0.25) is 10.0 Å². The summed E-state index contributed by atoms with van der Waals surface area (Å²) in [6.45, 7) is 0. The summed E-state index contributed by atoms with van der Waals surface area (Å²) in [5.41, 5.74) is 1.44. The Balaban J connectivity index is 2.21. The Morgan fingerprint density at radius 3 is 2.47 bits per heavy atom. The number of aromatic hydroxyl groups is 1. The Bertz CT molecular complexity index is 511. The third-order valence-electron chi connectivity index (χ3n) is 3.97. The summed E-state index contributed by atoms with van der Waals surface area (Å²) < 4.78 is 0. The van der Waals surface area contributed by atoms with Crippen molar-refractivity contribution in [1.29, 1.82) is 0 Å². The van der Waals surface area contributed by atoms with Crippen LogP contribution in [0.4, 0.5) is 0 Å². The fourth-order valence-electron chi connectivity index (χ4n) is 3.18. The molecular weight excluding hydrogens is 259 g/mol. The number of rotatable bonds is 0. The van der Waals surface area contributed by atoms with E-state index >= 15 is 0 Å². The minimum absolute atomic E-state index is 0.0190. The van der Waals surface area contributed by atoms with Crippen LogP contribution in [0, 0.1) is 5.92 Å². The highest BCUT2D eigenvalue weighted by Crippen LogP contribution is 2.51. The molecule has 4 heteroatoms. The number of ketones is 1. The molecule has 0 aliphatic heterocycles. The Morgan fingerprint density at radius 1 is 1.12 bits per heavy atom. The van der Waals surface area contributed by atoms with Gasteiger partial charge in [0.1, 0.15) is 10.8 Å². The highest BCUT2D eigenvalue weighted by Gasteiger charge is 2.43. The number of benzene rings is 1. The van der Waals surface area contributed by atoms with Crippen molar-refractivity contribution in [3.63, 3.8) is 0 Å². The number of hydrogen-bond acceptors (Lipinski definition) is 2. The number of phenols is 1. The molecule has 0 bridgehead atoms. The van der Waals surface area contributed by atoms with Gasteiger partial charge in [-0.2, -0.15) is 0 Å². The first kappa shape index (κ1) is 11.4. The molecule has 0 saturated heterocycles. The molecule has 0 amide bonds. The molecule has 1 aromatic rings. The van der Waals surface area contributed by atoms with Crippen molar-refractivity contribution in [2.45, 2.75) is 31.6 Å². The third kappa shape index (κ3) is 1.50. The van der Waals surface area contributed by atoms with Gasteiger partial charge in [0.05, 0.1) is 5.02 Å². The van der Waals surface area contributed by atoms with Crippen molar-refractivity contribution < 1.29 is 9.90 Å². The lowest BCUT2D eigenvalue weighted by Gasteiger charge is -2.24. The van der Waals surface area contributed by atoms with Crippen LogP contribution >= 0.6 is 23.2 Å². The summed E-state index contributed by atoms with van der Waals surface area (Å²) in [6.07, 6.45) is 4.15. The summed E-state index contributed by atoms with van der Waals surface area (Å²) in [5.74, 6) is 0.368. The van der Waals surface area contributed by atoms with E-state index in [1.807, 2.05) is 0 Å². The normalized spacial score (nSPS) is 26.8. The van der Waals surface area contributed by atoms with Gasteiger partial charge in [-0.25, -0.2) is 0 Å². The number of phenolic OH excluding ortho intramolecular Hbond substituents is 1. The zero-order chi connectivity index (χ0) is 12.2. The maximum atomic E-state index is 12.3. The minimum atomic E-state index is -0.0190. The monoisotopic (exact) mass is 270 g/mol. The molecule has 0 spiro atoms. The van der Waals surface area contributed by atoms with E-state index < -0.39 is 0 Å². The molecule has 2 aliphatic carbocycles. The van der Waals surface area contributed by atoms with Crippen molar-refractivity contribution in [3.05, 3.63) is 27.2 Å². The van der Waals surface area contributed by atoms with E-state index in [2.05, 4.69) is 0 Å². The summed E-state index contributed by atoms with van der Waals surface area (Å²) in [6, 6.07) is 1.62. The maximum Gasteiger partial charge on any atom is 0.168 e. The van der Waals surface area contributed by atoms with E-state index in [1.165, 1.54) is 0 Å². The van der Waals surface area contributed by atoms with Crippen molar-refractivity contribution in [2.24, 2.45) is 5.92 Å². The van der Waals surface area contributed by atoms with Crippen LogP contribution in [-0.2, 0) is 0 Å². The fraction of sp³-hybridized carbons (Fsp3) is 0.462. The Hall–Kier alpha value is -0.730. The molecule has 0 radical (unpaired) electrons. The quantitative estimate of drug-likeness (QED) is 0.768. The van der Waals surface area contributed by atoms with Gasteiger partial charge in [-0.1, -0.05) is 36.0 Å². The SMILES string of the molecule is O=C1c2c(cc(O)c(Cl)c2Cl)[C@@H]2CCCC[C@H]12. The molecule has 1 aromatic carbocycles. The van der Waals surface area contributed by atoms with Crippen molar-refractivity contribution >= 4 is 29.0 Å². The Kier molecular flexibility index (Phi) is 2.60. The molecule has 3 rings (SSSR count). The van der Waals surface area contributed by atoms with Crippen LogP contribution < -0.4 is 0 Å². The molecule has 90 valence electrons. The maximum absolute atomic E-state index is 12.3. The molecule has 0 unspecified atom stereocenters. The molecule has 2 atom stereocenters. The van der Waals surface area contributed by atoms with E-state index in [9.17, 15) is 9.90 Å². The van der Waals surface area contributed by atoms with Crippen LogP contribution in [0.1, 0.15) is 47.5 Å². The van der Waals surface area contributed by atoms with Gasteiger partial charge in [0.2, 0.25) is 0 Å². The summed E-state index contributed by atoms with van der Waals surface area (Å²) in [4.78, 5) is 12.3. The number of hydrogen-bond donors (Lipinski definition) is 1. The second kappa shape index (κ2) is 3.89. The van der Waals surface area contributed by atoms with E-state index in [4.69, 9.17) is 23.2 Å². The van der Waals surface area contributed by atoms with Crippen LogP contribution in [0.15, 0.2) is 6.07 Å². The molecule has 17 heavy (non-hydrogen) atoms. The van der Waals surface area contributed by atoms with Gasteiger partial charge in [-0.3, -0.25) is 4.79 Å². The van der Waals surface area contributed by atoms with E-state index in [0.717, 1.165) is 31.2 Å². The lowest BCUT2D eigenvalue weighted by molar-refractivity contribution is 0.0898. The number of halogens is 2. The second-order valence-corrected chi connectivity index (χ2v) is 5.61. The Morgan fingerprint density at radius 2 is 1.76 bits per heavy atom. The highest BCUT2D eigenvalue weighted by molar-refractivity contribution is 6.45. The average Bonchev–Trinajstić information content (AvgIpc) is 2.61. The summed E-state index contributed by atoms with van der Waals surface area (Å²) in [5, 5.41) is 10.0. The first-order chi connectivity index (χ1) is 8.11. The van der Waals surface area contributed by atoms with Gasteiger partial charge in [0.15, 0.2) is 5.78 Å². The molecule has 1 saturated carbocycles. The first-order valence-electron chi connectivity index (χ1n) is 5.86. The van der Waals surface area contributed by atoms with Crippen LogP contribution in [0.5, 0.6) is 5.75 Å². The lowest BCUT2D eigenvalue weighted by Crippen LogP contribution is -2.17. The fourth-order valence-corrected chi connectivity index (χ4v) is 3.63. The predicted octanol–water partition coefficient (Wildman–Crippen LogP) is 4.17. The van der Waals surface area contributed by atoms with Crippen LogP contribution in [-0.4, -0.2) is 10.9 Å². The average molecular weight is 271 g/mol. The molecule has 2 nitrogen and oxygen atoms in total. The number of fused-ring (bicyclic) bond motifs is 3. The van der Waals surface area contributed by atoms with E-state index in [-0.39, 0.29) is 33.4 Å². The number of carbonyl (C=O) groups is 1. The topological polar surface area (TPSA) is 37.3 Å². The largest absolute Gasteiger partial charge is 0.506 e.